The Morgan fingerprint density at radius 3 is 2.31 bits per heavy atom. The number of rotatable bonds is 5. The summed E-state index contributed by atoms with van der Waals surface area (Å²) in [6.07, 6.45) is -3.78. The zero-order valence-corrected chi connectivity index (χ0v) is 9.02. The van der Waals surface area contributed by atoms with Crippen molar-refractivity contribution in [2.75, 3.05) is 13.7 Å². The molecule has 0 rings (SSSR count). The molecule has 0 fully saturated rings. The summed E-state index contributed by atoms with van der Waals surface area (Å²) in [6, 6.07) is 0. The fourth-order valence-electron chi connectivity index (χ4n) is 0.283. The lowest BCUT2D eigenvalue weighted by molar-refractivity contribution is -0.147. The Bertz CT molecular complexity index is 212. The lowest BCUT2D eigenvalue weighted by Crippen LogP contribution is -2.31. The molecule has 0 N–H and O–H groups in total. The molecule has 2 nitrogen and oxygen atoms in total. The number of thiol groups is 1. The Kier molecular flexibility index (Phi) is 5.17. The standard InChI is InChI=1S/C4H7F4O2PS2/c1-9-11(12,13)10-2-4(7,8)3(5)6/h3H,2H2,1H3,(H,12,13). The smallest absolute Gasteiger partial charge is 0.325 e. The Morgan fingerprint density at radius 1 is 1.54 bits per heavy atom. The van der Waals surface area contributed by atoms with Gasteiger partial charge in [0.25, 0.3) is 0 Å². The van der Waals surface area contributed by atoms with Crippen molar-refractivity contribution in [1.82, 2.24) is 0 Å². The normalized spacial score (nSPS) is 17.5. The zero-order valence-electron chi connectivity index (χ0n) is 6.42. The minimum atomic E-state index is -4.22. The molecule has 0 aliphatic rings. The van der Waals surface area contributed by atoms with Gasteiger partial charge in [-0.2, -0.15) is 8.78 Å². The average molecular weight is 258 g/mol. The van der Waals surface area contributed by atoms with Crippen LogP contribution >= 0.6 is 17.9 Å². The molecule has 0 saturated carbocycles. The summed E-state index contributed by atoms with van der Waals surface area (Å²) in [5.74, 6) is -4.22. The van der Waals surface area contributed by atoms with Crippen molar-refractivity contribution in [3.05, 3.63) is 0 Å². The van der Waals surface area contributed by atoms with Crippen molar-refractivity contribution in [3.63, 3.8) is 0 Å². The first-order valence-corrected chi connectivity index (χ1v) is 6.69. The molecule has 9 heteroatoms. The van der Waals surface area contributed by atoms with Crippen LogP contribution in [0.4, 0.5) is 17.6 Å². The third-order valence-corrected chi connectivity index (χ3v) is 3.49. The summed E-state index contributed by atoms with van der Waals surface area (Å²) in [5.41, 5.74) is -3.10. The lowest BCUT2D eigenvalue weighted by Gasteiger charge is -2.19. The molecule has 1 atom stereocenters. The average Bonchev–Trinajstić information content (AvgIpc) is 2.01. The number of halogens is 4. The predicted octanol–water partition coefficient (Wildman–Crippen LogP) is 2.70. The molecular weight excluding hydrogens is 251 g/mol. The molecule has 0 aromatic rings. The van der Waals surface area contributed by atoms with Crippen LogP contribution in [0.2, 0.25) is 0 Å². The molecule has 0 bridgehead atoms. The molecule has 0 spiro atoms. The van der Waals surface area contributed by atoms with E-state index in [2.05, 4.69) is 33.1 Å². The van der Waals surface area contributed by atoms with Gasteiger partial charge in [0.05, 0.1) is 0 Å². The molecule has 0 heterocycles. The van der Waals surface area contributed by atoms with Gasteiger partial charge in [-0.1, -0.05) is 12.2 Å². The predicted molar refractivity (Wildman–Crippen MR) is 47.2 cm³/mol. The molecule has 13 heavy (non-hydrogen) atoms. The summed E-state index contributed by atoms with van der Waals surface area (Å²) >= 11 is 8.02. The van der Waals surface area contributed by atoms with E-state index >= 15 is 0 Å². The maximum atomic E-state index is 12.2. The molecule has 0 radical (unpaired) electrons. The minimum Gasteiger partial charge on any atom is -0.325 e. The quantitative estimate of drug-likeness (QED) is 0.464. The second-order valence-corrected chi connectivity index (χ2v) is 7.38. The Hall–Kier alpha value is 0.640. The largest absolute Gasteiger partial charge is 0.330 e. The van der Waals surface area contributed by atoms with Gasteiger partial charge in [0.2, 0.25) is 5.69 Å². The van der Waals surface area contributed by atoms with E-state index < -0.39 is 24.6 Å². The maximum Gasteiger partial charge on any atom is 0.330 e. The van der Waals surface area contributed by atoms with Crippen LogP contribution in [0, 0.1) is 0 Å². The van der Waals surface area contributed by atoms with E-state index in [-0.39, 0.29) is 0 Å². The highest BCUT2D eigenvalue weighted by atomic mass is 32.9. The Morgan fingerprint density at radius 2 is 2.00 bits per heavy atom. The van der Waals surface area contributed by atoms with E-state index in [1.54, 1.807) is 0 Å². The van der Waals surface area contributed by atoms with Crippen molar-refractivity contribution in [1.29, 1.82) is 0 Å². The molecule has 1 unspecified atom stereocenters. The van der Waals surface area contributed by atoms with Crippen LogP contribution < -0.4 is 0 Å². The fourth-order valence-corrected chi connectivity index (χ4v) is 1.06. The van der Waals surface area contributed by atoms with E-state index in [0.29, 0.717) is 0 Å². The van der Waals surface area contributed by atoms with Crippen LogP contribution in [-0.4, -0.2) is 26.1 Å². The van der Waals surface area contributed by atoms with Gasteiger partial charge in [0.15, 0.2) is 0 Å². The molecule has 0 aliphatic heterocycles. The van der Waals surface area contributed by atoms with E-state index in [1.165, 1.54) is 0 Å². The van der Waals surface area contributed by atoms with Crippen molar-refractivity contribution in [2.45, 2.75) is 12.3 Å². The molecule has 0 saturated heterocycles. The second kappa shape index (κ2) is 4.93. The van der Waals surface area contributed by atoms with Crippen LogP contribution in [0.1, 0.15) is 0 Å². The highest BCUT2D eigenvalue weighted by Crippen LogP contribution is 2.53. The first-order valence-electron chi connectivity index (χ1n) is 2.90. The molecule has 80 valence electrons. The van der Waals surface area contributed by atoms with Crippen LogP contribution in [-0.2, 0) is 20.9 Å². The molecule has 0 aliphatic carbocycles. The van der Waals surface area contributed by atoms with Crippen LogP contribution in [0.5, 0.6) is 0 Å². The molecule has 0 amide bonds. The first kappa shape index (κ1) is 13.6. The molecule has 0 aromatic carbocycles. The van der Waals surface area contributed by atoms with Gasteiger partial charge >= 0.3 is 12.3 Å². The molecule has 0 aromatic heterocycles. The minimum absolute atomic E-state index is 1.11. The topological polar surface area (TPSA) is 18.5 Å². The highest BCUT2D eigenvalue weighted by Gasteiger charge is 2.42. The number of hydrogen-bond acceptors (Lipinski definition) is 3. The van der Waals surface area contributed by atoms with Crippen molar-refractivity contribution in [3.8, 4) is 0 Å². The Balaban J connectivity index is 4.10. The van der Waals surface area contributed by atoms with E-state index in [9.17, 15) is 17.6 Å². The molecular formula is C4H7F4O2PS2. The van der Waals surface area contributed by atoms with Gasteiger partial charge in [0, 0.05) is 7.11 Å². The van der Waals surface area contributed by atoms with Crippen molar-refractivity contribution >= 4 is 29.7 Å². The number of alkyl halides is 4. The number of hydrogen-bond donors (Lipinski definition) is 1. The maximum absolute atomic E-state index is 12.2. The van der Waals surface area contributed by atoms with Gasteiger partial charge in [-0.25, -0.2) is 8.78 Å². The first-order chi connectivity index (χ1) is 5.71. The summed E-state index contributed by atoms with van der Waals surface area (Å²) in [6.45, 7) is -1.49. The third-order valence-electron chi connectivity index (χ3n) is 0.970. The van der Waals surface area contributed by atoms with Crippen molar-refractivity contribution < 1.29 is 26.6 Å². The summed E-state index contributed by atoms with van der Waals surface area (Å²) < 4.78 is 56.2. The van der Waals surface area contributed by atoms with Gasteiger partial charge in [-0.3, -0.25) is 0 Å². The Labute approximate surface area is 82.9 Å². The van der Waals surface area contributed by atoms with E-state index in [4.69, 9.17) is 0 Å². The highest BCUT2D eigenvalue weighted by molar-refractivity contribution is 8.60. The van der Waals surface area contributed by atoms with Crippen molar-refractivity contribution in [2.24, 2.45) is 0 Å². The fraction of sp³-hybridized carbons (Fsp3) is 1.00. The second-order valence-electron chi connectivity index (χ2n) is 1.99. The summed E-state index contributed by atoms with van der Waals surface area (Å²) in [4.78, 5) is 0. The summed E-state index contributed by atoms with van der Waals surface area (Å²) in [5, 5.41) is 0. The van der Waals surface area contributed by atoms with Crippen LogP contribution in [0.15, 0.2) is 0 Å². The van der Waals surface area contributed by atoms with E-state index in [1.807, 2.05) is 0 Å². The summed E-state index contributed by atoms with van der Waals surface area (Å²) in [7, 11) is 1.11. The van der Waals surface area contributed by atoms with E-state index in [0.717, 1.165) is 7.11 Å². The van der Waals surface area contributed by atoms with Gasteiger partial charge in [0.1, 0.15) is 6.61 Å². The lowest BCUT2D eigenvalue weighted by atomic mass is 10.4. The zero-order chi connectivity index (χ0) is 10.7. The SMILES string of the molecule is COP(=S)(S)OCC(F)(F)C(F)F. The third kappa shape index (κ3) is 5.17. The monoisotopic (exact) mass is 258 g/mol. The van der Waals surface area contributed by atoms with Gasteiger partial charge < -0.3 is 9.05 Å². The van der Waals surface area contributed by atoms with Gasteiger partial charge in [-0.05, 0) is 11.8 Å². The van der Waals surface area contributed by atoms with Gasteiger partial charge in [-0.15, -0.1) is 0 Å². The van der Waals surface area contributed by atoms with Crippen LogP contribution in [0.3, 0.4) is 0 Å². The van der Waals surface area contributed by atoms with Crippen LogP contribution in [0.25, 0.3) is 0 Å².